The van der Waals surface area contributed by atoms with Crippen LogP contribution in [0, 0.1) is 34.4 Å². The number of carbonyl (C=O) groups excluding carboxylic acids is 1. The van der Waals surface area contributed by atoms with E-state index in [0.29, 0.717) is 33.5 Å². The van der Waals surface area contributed by atoms with Gasteiger partial charge in [-0.15, -0.1) is 11.3 Å². The van der Waals surface area contributed by atoms with E-state index in [9.17, 15) is 14.4 Å². The molecule has 142 valence electrons. The number of hydrogen-bond acceptors (Lipinski definition) is 5. The fourth-order valence-electron chi connectivity index (χ4n) is 4.26. The smallest absolute Gasteiger partial charge is 0.238 e. The van der Waals surface area contributed by atoms with Gasteiger partial charge in [0.2, 0.25) is 5.91 Å². The molecule has 0 spiro atoms. The number of hydrogen-bond donors (Lipinski definition) is 2. The Morgan fingerprint density at radius 3 is 2.86 bits per heavy atom. The number of rotatable bonds is 5. The highest BCUT2D eigenvalue weighted by atomic mass is 32.1. The lowest BCUT2D eigenvalue weighted by Gasteiger charge is -2.23. The maximum absolute atomic E-state index is 14.6. The van der Waals surface area contributed by atoms with E-state index in [1.165, 1.54) is 17.4 Å². The minimum Gasteiger partial charge on any atom is -0.339 e. The molecule has 2 fully saturated rings. The van der Waals surface area contributed by atoms with Crippen molar-refractivity contribution in [2.45, 2.75) is 43.8 Å². The highest BCUT2D eigenvalue weighted by Gasteiger charge is 2.43. The second kappa shape index (κ2) is 7.71. The van der Waals surface area contributed by atoms with E-state index >= 15 is 0 Å². The standard InChI is InChI=1S/C21H19FN4OS/c22-18-9-12(17-5-6-28-19(17)11-24)1-2-13(18)7-16(10-23)26-21(27)20-14-3-4-15(8-14)25-20/h1-2,5-6,9,14-16,20,25H,3-4,7-8H2,(H,26,27)/t14-,15+,16-,20-/m0/s1. The quantitative estimate of drug-likeness (QED) is 0.816. The number of thiophene rings is 1. The van der Waals surface area contributed by atoms with Gasteiger partial charge in [0, 0.05) is 18.0 Å². The van der Waals surface area contributed by atoms with Crippen molar-refractivity contribution >= 4 is 17.2 Å². The minimum atomic E-state index is -0.787. The number of fused-ring (bicyclic) bond motifs is 2. The molecule has 4 atom stereocenters. The van der Waals surface area contributed by atoms with Gasteiger partial charge < -0.3 is 10.6 Å². The number of piperidine rings is 1. The highest BCUT2D eigenvalue weighted by molar-refractivity contribution is 7.11. The van der Waals surface area contributed by atoms with Crippen LogP contribution < -0.4 is 10.6 Å². The second-order valence-corrected chi connectivity index (χ2v) is 8.31. The number of benzene rings is 1. The van der Waals surface area contributed by atoms with Crippen LogP contribution in [0.5, 0.6) is 0 Å². The summed E-state index contributed by atoms with van der Waals surface area (Å²) in [5.41, 5.74) is 1.69. The van der Waals surface area contributed by atoms with Crippen LogP contribution in [0.25, 0.3) is 11.1 Å². The van der Waals surface area contributed by atoms with Gasteiger partial charge in [-0.05, 0) is 53.8 Å². The molecule has 1 aliphatic carbocycles. The third kappa shape index (κ3) is 3.52. The van der Waals surface area contributed by atoms with E-state index in [4.69, 9.17) is 5.26 Å². The Bertz CT molecular complexity index is 989. The van der Waals surface area contributed by atoms with E-state index < -0.39 is 11.9 Å². The van der Waals surface area contributed by atoms with Gasteiger partial charge in [0.15, 0.2) is 0 Å². The predicted molar refractivity (Wildman–Crippen MR) is 104 cm³/mol. The van der Waals surface area contributed by atoms with Crippen LogP contribution in [0.15, 0.2) is 29.6 Å². The molecule has 1 aromatic carbocycles. The van der Waals surface area contributed by atoms with E-state index in [-0.39, 0.29) is 18.4 Å². The summed E-state index contributed by atoms with van der Waals surface area (Å²) >= 11 is 1.31. The largest absolute Gasteiger partial charge is 0.339 e. The number of nitriles is 2. The lowest BCUT2D eigenvalue weighted by Crippen LogP contribution is -2.50. The monoisotopic (exact) mass is 394 g/mol. The van der Waals surface area contributed by atoms with Gasteiger partial charge in [0.05, 0.1) is 12.1 Å². The molecule has 1 saturated carbocycles. The first-order chi connectivity index (χ1) is 13.6. The molecule has 5 nitrogen and oxygen atoms in total. The van der Waals surface area contributed by atoms with Crippen molar-refractivity contribution in [3.63, 3.8) is 0 Å². The summed E-state index contributed by atoms with van der Waals surface area (Å²) in [6.07, 6.45) is 3.25. The topological polar surface area (TPSA) is 88.7 Å². The van der Waals surface area contributed by atoms with Gasteiger partial charge in [-0.2, -0.15) is 10.5 Å². The van der Waals surface area contributed by atoms with Gasteiger partial charge in [0.25, 0.3) is 0 Å². The first-order valence-corrected chi connectivity index (χ1v) is 10.2. The molecule has 2 heterocycles. The average molecular weight is 394 g/mol. The molecule has 7 heteroatoms. The van der Waals surface area contributed by atoms with Crippen molar-refractivity contribution in [2.24, 2.45) is 5.92 Å². The van der Waals surface area contributed by atoms with Crippen molar-refractivity contribution in [3.05, 3.63) is 45.9 Å². The molecule has 2 aliphatic rings. The van der Waals surface area contributed by atoms with Crippen molar-refractivity contribution in [1.82, 2.24) is 10.6 Å². The Balaban J connectivity index is 1.44. The second-order valence-electron chi connectivity index (χ2n) is 7.39. The predicted octanol–water partition coefficient (Wildman–Crippen LogP) is 3.12. The maximum atomic E-state index is 14.6. The zero-order valence-corrected chi connectivity index (χ0v) is 15.9. The lowest BCUT2D eigenvalue weighted by molar-refractivity contribution is -0.124. The Morgan fingerprint density at radius 1 is 1.36 bits per heavy atom. The third-order valence-electron chi connectivity index (χ3n) is 5.67. The molecule has 1 aromatic heterocycles. The summed E-state index contributed by atoms with van der Waals surface area (Å²) in [4.78, 5) is 13.0. The zero-order chi connectivity index (χ0) is 19.7. The molecule has 1 saturated heterocycles. The summed E-state index contributed by atoms with van der Waals surface area (Å²) < 4.78 is 14.6. The molecular formula is C21H19FN4OS. The van der Waals surface area contributed by atoms with Gasteiger partial charge in [-0.25, -0.2) is 4.39 Å². The van der Waals surface area contributed by atoms with Crippen LogP contribution in [0.2, 0.25) is 0 Å². The maximum Gasteiger partial charge on any atom is 0.238 e. The highest BCUT2D eigenvalue weighted by Crippen LogP contribution is 2.35. The molecular weight excluding hydrogens is 375 g/mol. The summed E-state index contributed by atoms with van der Waals surface area (Å²) in [5, 5.41) is 26.4. The molecule has 2 N–H and O–H groups in total. The van der Waals surface area contributed by atoms with Gasteiger partial charge in [-0.1, -0.05) is 12.1 Å². The summed E-state index contributed by atoms with van der Waals surface area (Å²) in [7, 11) is 0. The Kier molecular flexibility index (Phi) is 5.13. The molecule has 0 radical (unpaired) electrons. The van der Waals surface area contributed by atoms with Crippen molar-refractivity contribution in [1.29, 1.82) is 10.5 Å². The summed E-state index contributed by atoms with van der Waals surface area (Å²) in [5.74, 6) is -0.284. The van der Waals surface area contributed by atoms with E-state index in [0.717, 1.165) is 19.3 Å². The molecule has 0 unspecified atom stereocenters. The van der Waals surface area contributed by atoms with E-state index in [2.05, 4.69) is 22.8 Å². The Morgan fingerprint density at radius 2 is 2.21 bits per heavy atom. The molecule has 2 aromatic rings. The average Bonchev–Trinajstić information content (AvgIpc) is 3.45. The van der Waals surface area contributed by atoms with Crippen molar-refractivity contribution in [3.8, 4) is 23.3 Å². The van der Waals surface area contributed by atoms with Crippen LogP contribution in [0.3, 0.4) is 0 Å². The first-order valence-electron chi connectivity index (χ1n) is 9.31. The van der Waals surface area contributed by atoms with Crippen LogP contribution in [-0.4, -0.2) is 24.0 Å². The number of amides is 1. The van der Waals surface area contributed by atoms with Crippen LogP contribution in [0.4, 0.5) is 4.39 Å². The van der Waals surface area contributed by atoms with Crippen molar-refractivity contribution in [2.75, 3.05) is 0 Å². The van der Waals surface area contributed by atoms with E-state index in [1.807, 2.05) is 0 Å². The fraction of sp³-hybridized carbons (Fsp3) is 0.381. The molecule has 1 amide bonds. The van der Waals surface area contributed by atoms with Gasteiger partial charge in [0.1, 0.15) is 22.8 Å². The van der Waals surface area contributed by atoms with Crippen molar-refractivity contribution < 1.29 is 9.18 Å². The third-order valence-corrected chi connectivity index (χ3v) is 6.49. The van der Waals surface area contributed by atoms with Crippen LogP contribution >= 0.6 is 11.3 Å². The molecule has 2 bridgehead atoms. The van der Waals surface area contributed by atoms with Crippen LogP contribution in [-0.2, 0) is 11.2 Å². The lowest BCUT2D eigenvalue weighted by atomic mass is 9.98. The number of nitrogens with one attached hydrogen (secondary N) is 2. The zero-order valence-electron chi connectivity index (χ0n) is 15.1. The molecule has 1 aliphatic heterocycles. The normalized spacial score (nSPS) is 23.8. The number of nitrogens with zero attached hydrogens (tertiary/aromatic N) is 2. The Labute approximate surface area is 166 Å². The number of carbonyl (C=O) groups is 1. The molecule has 28 heavy (non-hydrogen) atoms. The summed E-state index contributed by atoms with van der Waals surface area (Å²) in [6.45, 7) is 0. The van der Waals surface area contributed by atoms with Crippen LogP contribution in [0.1, 0.15) is 29.7 Å². The Hall–Kier alpha value is -2.74. The fourth-order valence-corrected chi connectivity index (χ4v) is 4.97. The van der Waals surface area contributed by atoms with Gasteiger partial charge in [-0.3, -0.25) is 4.79 Å². The SMILES string of the molecule is N#Cc1sccc1-c1ccc(C[C@@H](C#N)NC(=O)[C@H]2N[C@@H]3CC[C@H]2C3)c(F)c1. The summed E-state index contributed by atoms with van der Waals surface area (Å²) in [6, 6.07) is 10.1. The minimum absolute atomic E-state index is 0.101. The molecule has 4 rings (SSSR count). The first kappa shape index (κ1) is 18.6. The van der Waals surface area contributed by atoms with Gasteiger partial charge >= 0.3 is 0 Å². The number of halogens is 1. The van der Waals surface area contributed by atoms with E-state index in [1.54, 1.807) is 23.6 Å².